The molecule has 28 nitrogen and oxygen atoms in total. The lowest BCUT2D eigenvalue weighted by atomic mass is 10.0. The highest BCUT2D eigenvalue weighted by Gasteiger charge is 2.35. The van der Waals surface area contributed by atoms with Crippen LogP contribution in [0.2, 0.25) is 0 Å². The van der Waals surface area contributed by atoms with E-state index < -0.39 is 151 Å². The Morgan fingerprint density at radius 2 is 1.19 bits per heavy atom. The first-order valence-corrected chi connectivity index (χ1v) is 23.8. The zero-order valence-corrected chi connectivity index (χ0v) is 40.7. The van der Waals surface area contributed by atoms with E-state index in [4.69, 9.17) is 11.5 Å². The molecule has 1 aromatic heterocycles. The van der Waals surface area contributed by atoms with Crippen LogP contribution in [0.15, 0.2) is 12.5 Å². The number of nitrogens with zero attached hydrogens (tertiary/aromatic N) is 1. The standard InChI is InChI=1S/C40H65N13O15S2/c1-19(2)32(53-37(64)23(8-10-70-4)49-34(61)22(42)17-69)39(66)52-25(11-21-14-43-18-46-21)38(65)51-27(13-31(58)59)36(63)44-15-28(54)47-20(3)33(60)50-26(12-30(56)57)35(62)45-16-29(55)48-24(40(67)68)7-5-6-9-41/h14,18-20,22-27,32,69H,5-13,15-17,41-42H2,1-4H3,(H,43,46)(H,44,63)(H,45,62)(H,47,54)(H,48,55)(H,49,61)(H,50,60)(H,51,65)(H,52,66)(H,53,64)(H,56,57)(H,58,59)(H,67,68)/t20-,22-,23-,24-,25-,26-,27-,32-/m0/s1. The van der Waals surface area contributed by atoms with E-state index in [9.17, 15) is 72.9 Å². The predicted octanol–water partition coefficient (Wildman–Crippen LogP) is -5.57. The maximum atomic E-state index is 13.8. The molecule has 9 amide bonds. The number of carboxylic acid groups (broad SMARTS) is 3. The number of thiol groups is 1. The van der Waals surface area contributed by atoms with Crippen LogP contribution in [0, 0.1) is 5.92 Å². The Kier molecular flexibility index (Phi) is 28.4. The molecule has 0 aliphatic heterocycles. The second-order valence-electron chi connectivity index (χ2n) is 16.0. The fraction of sp³-hybridized carbons (Fsp3) is 0.625. The lowest BCUT2D eigenvalue weighted by Gasteiger charge is -2.28. The van der Waals surface area contributed by atoms with E-state index in [-0.39, 0.29) is 25.0 Å². The zero-order valence-electron chi connectivity index (χ0n) is 39.0. The molecule has 8 atom stereocenters. The molecule has 0 spiro atoms. The van der Waals surface area contributed by atoms with Crippen LogP contribution in [-0.2, 0) is 64.0 Å². The molecule has 392 valence electrons. The van der Waals surface area contributed by atoms with Crippen LogP contribution in [-0.4, -0.2) is 182 Å². The summed E-state index contributed by atoms with van der Waals surface area (Å²) in [5.41, 5.74) is 11.5. The number of nitrogens with two attached hydrogens (primary N) is 2. The van der Waals surface area contributed by atoms with Crippen molar-refractivity contribution in [3.63, 3.8) is 0 Å². The van der Waals surface area contributed by atoms with Gasteiger partial charge < -0.3 is 79.6 Å². The SMILES string of the molecule is CSCC[C@H](NC(=O)[C@@H](N)CS)C(=O)N[C@H](C(=O)N[C@@H](Cc1cnc[nH]1)C(=O)N[C@@H](CC(=O)O)C(=O)NCC(=O)N[C@@H](C)C(=O)N[C@@H](CC(=O)O)C(=O)NCC(=O)N[C@@H](CCCCN)C(=O)O)C(C)C. The van der Waals surface area contributed by atoms with Gasteiger partial charge in [0.25, 0.3) is 0 Å². The molecule has 0 saturated carbocycles. The molecule has 0 aliphatic carbocycles. The van der Waals surface area contributed by atoms with Crippen molar-refractivity contribution in [2.24, 2.45) is 17.4 Å². The molecule has 0 radical (unpaired) electrons. The second kappa shape index (κ2) is 32.3. The number of carbonyl (C=O) groups is 12. The van der Waals surface area contributed by atoms with Crippen molar-refractivity contribution in [1.29, 1.82) is 0 Å². The number of aliphatic carboxylic acids is 3. The van der Waals surface area contributed by atoms with Crippen LogP contribution < -0.4 is 59.3 Å². The van der Waals surface area contributed by atoms with Gasteiger partial charge in [-0.1, -0.05) is 13.8 Å². The number of carboxylic acids is 3. The molecule has 17 N–H and O–H groups in total. The van der Waals surface area contributed by atoms with Crippen molar-refractivity contribution in [1.82, 2.24) is 57.8 Å². The topological polar surface area (TPSA) is 455 Å². The van der Waals surface area contributed by atoms with Crippen LogP contribution in [0.3, 0.4) is 0 Å². The number of aromatic amines is 1. The molecule has 30 heteroatoms. The normalized spacial score (nSPS) is 14.3. The van der Waals surface area contributed by atoms with E-state index in [0.29, 0.717) is 30.8 Å². The van der Waals surface area contributed by atoms with E-state index in [1.807, 2.05) is 0 Å². The summed E-state index contributed by atoms with van der Waals surface area (Å²) in [5, 5.41) is 49.0. The number of rotatable bonds is 34. The number of imidazole rings is 1. The van der Waals surface area contributed by atoms with Gasteiger partial charge in [0.15, 0.2) is 0 Å². The number of thioether (sulfide) groups is 1. The van der Waals surface area contributed by atoms with Gasteiger partial charge in [-0.2, -0.15) is 24.4 Å². The largest absolute Gasteiger partial charge is 0.481 e. The Morgan fingerprint density at radius 3 is 1.67 bits per heavy atom. The van der Waals surface area contributed by atoms with E-state index in [2.05, 4.69) is 70.4 Å². The van der Waals surface area contributed by atoms with Gasteiger partial charge in [-0.25, -0.2) is 9.78 Å². The number of H-pyrrole nitrogens is 1. The Morgan fingerprint density at radius 1 is 0.657 bits per heavy atom. The zero-order chi connectivity index (χ0) is 53.1. The highest BCUT2D eigenvalue weighted by molar-refractivity contribution is 7.98. The molecule has 1 heterocycles. The summed E-state index contributed by atoms with van der Waals surface area (Å²) >= 11 is 5.42. The van der Waals surface area contributed by atoms with Crippen LogP contribution in [0.1, 0.15) is 65.0 Å². The maximum Gasteiger partial charge on any atom is 0.326 e. The monoisotopic (exact) mass is 1030 g/mol. The van der Waals surface area contributed by atoms with Gasteiger partial charge in [-0.15, -0.1) is 0 Å². The minimum Gasteiger partial charge on any atom is -0.481 e. The average molecular weight is 1030 g/mol. The minimum absolute atomic E-state index is 0.00169. The van der Waals surface area contributed by atoms with Gasteiger partial charge >= 0.3 is 17.9 Å². The maximum absolute atomic E-state index is 13.8. The number of unbranched alkanes of at least 4 members (excludes halogenated alkanes) is 1. The molecule has 1 rings (SSSR count). The highest BCUT2D eigenvalue weighted by atomic mass is 32.2. The summed E-state index contributed by atoms with van der Waals surface area (Å²) < 4.78 is 0. The van der Waals surface area contributed by atoms with Crippen LogP contribution in [0.25, 0.3) is 0 Å². The molecular formula is C40H65N13O15S2. The van der Waals surface area contributed by atoms with Gasteiger partial charge in [-0.05, 0) is 57.1 Å². The van der Waals surface area contributed by atoms with E-state index in [1.54, 1.807) is 20.1 Å². The van der Waals surface area contributed by atoms with Crippen LogP contribution in [0.5, 0.6) is 0 Å². The third kappa shape index (κ3) is 23.7. The first-order valence-electron chi connectivity index (χ1n) is 21.8. The Balaban J connectivity index is 3.07. The molecule has 1 aromatic rings. The highest BCUT2D eigenvalue weighted by Crippen LogP contribution is 2.09. The van der Waals surface area contributed by atoms with Gasteiger partial charge in [0.2, 0.25) is 53.2 Å². The van der Waals surface area contributed by atoms with E-state index in [1.165, 1.54) is 24.3 Å². The molecule has 0 fully saturated rings. The van der Waals surface area contributed by atoms with Crippen LogP contribution >= 0.6 is 24.4 Å². The third-order valence-electron chi connectivity index (χ3n) is 9.86. The molecule has 0 saturated heterocycles. The molecule has 0 unspecified atom stereocenters. The van der Waals surface area contributed by atoms with Crippen molar-refractivity contribution in [3.8, 4) is 0 Å². The fourth-order valence-electron chi connectivity index (χ4n) is 6.01. The summed E-state index contributed by atoms with van der Waals surface area (Å²) in [5.74, 6) is -13.3. The number of hydrogen-bond donors (Lipinski definition) is 16. The number of hydrogen-bond acceptors (Lipinski definition) is 17. The fourth-order valence-corrected chi connectivity index (χ4v) is 6.65. The van der Waals surface area contributed by atoms with Crippen molar-refractivity contribution in [2.75, 3.05) is 37.4 Å². The summed E-state index contributed by atoms with van der Waals surface area (Å²) in [7, 11) is 0. The second-order valence-corrected chi connectivity index (χ2v) is 17.3. The van der Waals surface area contributed by atoms with Gasteiger partial charge in [0.1, 0.15) is 42.3 Å². The Hall–Kier alpha value is -6.53. The summed E-state index contributed by atoms with van der Waals surface area (Å²) in [4.78, 5) is 159. The smallest absolute Gasteiger partial charge is 0.326 e. The minimum atomic E-state index is -1.85. The molecule has 0 aromatic carbocycles. The summed E-state index contributed by atoms with van der Waals surface area (Å²) in [6.07, 6.45) is 3.25. The lowest BCUT2D eigenvalue weighted by molar-refractivity contribution is -0.142. The number of carbonyl (C=O) groups excluding carboxylic acids is 9. The van der Waals surface area contributed by atoms with Crippen molar-refractivity contribution in [3.05, 3.63) is 18.2 Å². The van der Waals surface area contributed by atoms with Crippen LogP contribution in [0.4, 0.5) is 0 Å². The first-order chi connectivity index (χ1) is 32.9. The predicted molar refractivity (Wildman–Crippen MR) is 252 cm³/mol. The van der Waals surface area contributed by atoms with Gasteiger partial charge in [-0.3, -0.25) is 52.7 Å². The van der Waals surface area contributed by atoms with Gasteiger partial charge in [0, 0.05) is 24.1 Å². The first kappa shape index (κ1) is 61.5. The third-order valence-corrected chi connectivity index (χ3v) is 10.9. The number of amides is 9. The molecule has 0 aliphatic rings. The summed E-state index contributed by atoms with van der Waals surface area (Å²) in [6.45, 7) is 2.96. The molecule has 70 heavy (non-hydrogen) atoms. The summed E-state index contributed by atoms with van der Waals surface area (Å²) in [6, 6.07) is -11.3. The van der Waals surface area contributed by atoms with E-state index >= 15 is 0 Å². The van der Waals surface area contributed by atoms with Crippen molar-refractivity contribution in [2.45, 2.75) is 114 Å². The van der Waals surface area contributed by atoms with Gasteiger partial charge in [0.05, 0.1) is 38.3 Å². The quantitative estimate of drug-likeness (QED) is 0.0226. The van der Waals surface area contributed by atoms with Crippen molar-refractivity contribution >= 4 is 95.5 Å². The lowest BCUT2D eigenvalue weighted by Crippen LogP contribution is -2.60. The Bertz CT molecular complexity index is 1980. The number of aromatic nitrogens is 2. The molecule has 0 bridgehead atoms. The van der Waals surface area contributed by atoms with E-state index in [0.717, 1.165) is 6.92 Å². The average Bonchev–Trinajstić information content (AvgIpc) is 3.81. The Labute approximate surface area is 412 Å². The molecular weight excluding hydrogens is 967 g/mol. The van der Waals surface area contributed by atoms with Crippen molar-refractivity contribution < 1.29 is 72.9 Å². The number of nitrogens with one attached hydrogen (secondary N) is 10.